The summed E-state index contributed by atoms with van der Waals surface area (Å²) in [7, 11) is -4.44. The van der Waals surface area contributed by atoms with Gasteiger partial charge in [0.25, 0.3) is 10.1 Å². The zero-order valence-electron chi connectivity index (χ0n) is 34.1. The summed E-state index contributed by atoms with van der Waals surface area (Å²) >= 11 is 0. The van der Waals surface area contributed by atoms with E-state index in [1.54, 1.807) is 0 Å². The molecular formula is C44H85NO6S. The van der Waals surface area contributed by atoms with Crippen LogP contribution in [0.5, 0.6) is 0 Å². The normalized spacial score (nSPS) is 14.0. The summed E-state index contributed by atoms with van der Waals surface area (Å²) in [5.41, 5.74) is 0. The molecule has 0 aliphatic carbocycles. The lowest BCUT2D eigenvalue weighted by molar-refractivity contribution is -0.130. The second-order valence-corrected chi connectivity index (χ2v) is 17.0. The van der Waals surface area contributed by atoms with Gasteiger partial charge in [-0.05, 0) is 44.9 Å². The Morgan fingerprint density at radius 3 is 1.21 bits per heavy atom. The predicted molar refractivity (Wildman–Crippen MR) is 222 cm³/mol. The number of hydrogen-bond donors (Lipinski definition) is 4. The Bertz CT molecular complexity index is 937. The Morgan fingerprint density at radius 2 is 0.846 bits per heavy atom. The molecule has 0 aliphatic rings. The molecule has 0 rings (SSSR count). The maximum absolute atomic E-state index is 12.6. The molecule has 0 aromatic carbocycles. The van der Waals surface area contributed by atoms with Gasteiger partial charge in [0.1, 0.15) is 6.10 Å². The van der Waals surface area contributed by atoms with Gasteiger partial charge in [0.2, 0.25) is 5.91 Å². The number of rotatable bonds is 40. The standard InChI is InChI=1S/C44H85NO6S/c1-3-5-7-9-11-13-15-17-19-20-21-22-23-25-26-28-30-32-34-36-38-42(46)41(40-52(49,50)51)45-44(48)43(47)39-37-35-33-31-29-27-24-18-16-14-12-10-8-6-4-2/h24,27,36,38,41-43,46-47H,3-23,25-26,28-35,37,39-40H2,1-2H3,(H,45,48)(H,49,50,51)/b27-24-,38-36+. The molecule has 7 nitrogen and oxygen atoms in total. The number of amides is 1. The third-order valence-electron chi connectivity index (χ3n) is 10.2. The molecule has 0 aliphatic heterocycles. The topological polar surface area (TPSA) is 124 Å². The second-order valence-electron chi connectivity index (χ2n) is 15.5. The molecule has 0 aromatic rings. The Kier molecular flexibility index (Phi) is 37.2. The summed E-state index contributed by atoms with van der Waals surface area (Å²) in [6.07, 6.45) is 45.2. The molecule has 52 heavy (non-hydrogen) atoms. The van der Waals surface area contributed by atoms with E-state index in [1.165, 1.54) is 154 Å². The van der Waals surface area contributed by atoms with Crippen molar-refractivity contribution < 1.29 is 28.0 Å². The smallest absolute Gasteiger partial charge is 0.267 e. The van der Waals surface area contributed by atoms with Crippen LogP contribution in [0.15, 0.2) is 24.3 Å². The highest BCUT2D eigenvalue weighted by atomic mass is 32.2. The maximum Gasteiger partial charge on any atom is 0.267 e. The molecule has 0 saturated heterocycles. The largest absolute Gasteiger partial charge is 0.387 e. The molecule has 0 aromatic heterocycles. The first kappa shape index (κ1) is 50.8. The van der Waals surface area contributed by atoms with Gasteiger partial charge in [0.05, 0.1) is 17.9 Å². The van der Waals surface area contributed by atoms with Gasteiger partial charge in [0.15, 0.2) is 0 Å². The van der Waals surface area contributed by atoms with Crippen molar-refractivity contribution in [3.63, 3.8) is 0 Å². The fraction of sp³-hybridized carbons (Fsp3) is 0.886. The summed E-state index contributed by atoms with van der Waals surface area (Å²) in [6.45, 7) is 4.52. The predicted octanol–water partition coefficient (Wildman–Crippen LogP) is 12.1. The van der Waals surface area contributed by atoms with Crippen LogP contribution in [-0.4, -0.2) is 53.1 Å². The molecule has 3 atom stereocenters. The van der Waals surface area contributed by atoms with Crippen molar-refractivity contribution in [2.45, 2.75) is 244 Å². The Hall–Kier alpha value is -1.22. The van der Waals surface area contributed by atoms with Gasteiger partial charge >= 0.3 is 0 Å². The average molecular weight is 756 g/mol. The van der Waals surface area contributed by atoms with Crippen LogP contribution in [0.25, 0.3) is 0 Å². The summed E-state index contributed by atoms with van der Waals surface area (Å²) in [5.74, 6) is -1.54. The van der Waals surface area contributed by atoms with E-state index in [2.05, 4.69) is 31.3 Å². The van der Waals surface area contributed by atoms with E-state index in [0.29, 0.717) is 6.42 Å². The van der Waals surface area contributed by atoms with Gasteiger partial charge in [-0.25, -0.2) is 0 Å². The molecule has 0 radical (unpaired) electrons. The third-order valence-corrected chi connectivity index (χ3v) is 11.0. The van der Waals surface area contributed by atoms with Crippen LogP contribution in [0.1, 0.15) is 226 Å². The fourth-order valence-corrected chi connectivity index (χ4v) is 7.54. The van der Waals surface area contributed by atoms with Crippen molar-refractivity contribution in [1.82, 2.24) is 5.32 Å². The first-order valence-electron chi connectivity index (χ1n) is 22.1. The van der Waals surface area contributed by atoms with Gasteiger partial charge in [-0.3, -0.25) is 9.35 Å². The summed E-state index contributed by atoms with van der Waals surface area (Å²) in [5, 5.41) is 23.4. The molecule has 8 heteroatoms. The Morgan fingerprint density at radius 1 is 0.519 bits per heavy atom. The van der Waals surface area contributed by atoms with Crippen molar-refractivity contribution >= 4 is 16.0 Å². The minimum atomic E-state index is -4.44. The summed E-state index contributed by atoms with van der Waals surface area (Å²) in [6, 6.07) is -1.23. The van der Waals surface area contributed by atoms with Crippen LogP contribution in [0, 0.1) is 0 Å². The van der Waals surface area contributed by atoms with E-state index < -0.39 is 40.0 Å². The van der Waals surface area contributed by atoms with Crippen LogP contribution in [0.3, 0.4) is 0 Å². The van der Waals surface area contributed by atoms with Crippen molar-refractivity contribution in [3.8, 4) is 0 Å². The Balaban J connectivity index is 3.99. The average Bonchev–Trinajstić information content (AvgIpc) is 3.11. The highest BCUT2D eigenvalue weighted by Gasteiger charge is 2.27. The zero-order valence-corrected chi connectivity index (χ0v) is 34.9. The van der Waals surface area contributed by atoms with Gasteiger partial charge in [-0.2, -0.15) is 8.42 Å². The summed E-state index contributed by atoms with van der Waals surface area (Å²) < 4.78 is 32.6. The number of carbonyl (C=O) groups is 1. The molecule has 0 fully saturated rings. The highest BCUT2D eigenvalue weighted by molar-refractivity contribution is 7.85. The van der Waals surface area contributed by atoms with Crippen molar-refractivity contribution in [2.24, 2.45) is 0 Å². The first-order valence-corrected chi connectivity index (χ1v) is 23.8. The van der Waals surface area contributed by atoms with Crippen molar-refractivity contribution in [3.05, 3.63) is 24.3 Å². The lowest BCUT2D eigenvalue weighted by Crippen LogP contribution is -2.50. The minimum Gasteiger partial charge on any atom is -0.387 e. The minimum absolute atomic E-state index is 0.268. The lowest BCUT2D eigenvalue weighted by atomic mass is 10.0. The molecule has 308 valence electrons. The molecular weight excluding hydrogens is 671 g/mol. The van der Waals surface area contributed by atoms with Gasteiger partial charge in [-0.15, -0.1) is 0 Å². The number of unbranched alkanes of at least 4 members (excludes halogenated alkanes) is 29. The van der Waals surface area contributed by atoms with Crippen LogP contribution in [0.4, 0.5) is 0 Å². The molecule has 0 bridgehead atoms. The molecule has 0 heterocycles. The maximum atomic E-state index is 12.6. The molecule has 3 unspecified atom stereocenters. The third kappa shape index (κ3) is 37.1. The fourth-order valence-electron chi connectivity index (χ4n) is 6.80. The number of hydrogen-bond acceptors (Lipinski definition) is 5. The first-order chi connectivity index (χ1) is 25.2. The zero-order chi connectivity index (χ0) is 38.4. The monoisotopic (exact) mass is 756 g/mol. The number of aliphatic hydroxyl groups is 2. The number of carbonyl (C=O) groups excluding carboxylic acids is 1. The van der Waals surface area contributed by atoms with E-state index in [4.69, 9.17) is 0 Å². The quantitative estimate of drug-likeness (QED) is 0.0280. The van der Waals surface area contributed by atoms with Crippen LogP contribution in [-0.2, 0) is 14.9 Å². The SMILES string of the molecule is CCCCCCCCC/C=C\CCCCCCC(O)C(=O)NC(CS(=O)(=O)O)C(O)/C=C/CCCCCCCCCCCCCCCCCCCC. The molecule has 1 amide bonds. The van der Waals surface area contributed by atoms with Crippen molar-refractivity contribution in [2.75, 3.05) is 5.75 Å². The van der Waals surface area contributed by atoms with E-state index >= 15 is 0 Å². The van der Waals surface area contributed by atoms with E-state index in [0.717, 1.165) is 51.4 Å². The van der Waals surface area contributed by atoms with Crippen LogP contribution < -0.4 is 5.32 Å². The van der Waals surface area contributed by atoms with E-state index in [-0.39, 0.29) is 6.42 Å². The molecule has 0 spiro atoms. The van der Waals surface area contributed by atoms with Crippen LogP contribution >= 0.6 is 0 Å². The summed E-state index contributed by atoms with van der Waals surface area (Å²) in [4.78, 5) is 12.6. The van der Waals surface area contributed by atoms with Gasteiger partial charge in [-0.1, -0.05) is 205 Å². The number of aliphatic hydroxyl groups excluding tert-OH is 2. The molecule has 4 N–H and O–H groups in total. The van der Waals surface area contributed by atoms with E-state index in [9.17, 15) is 28.0 Å². The number of nitrogens with one attached hydrogen (secondary N) is 1. The Labute approximate surface area is 322 Å². The lowest BCUT2D eigenvalue weighted by Gasteiger charge is -2.22. The van der Waals surface area contributed by atoms with Gasteiger partial charge < -0.3 is 15.5 Å². The van der Waals surface area contributed by atoms with Crippen LogP contribution in [0.2, 0.25) is 0 Å². The van der Waals surface area contributed by atoms with E-state index in [1.807, 2.05) is 6.08 Å². The van der Waals surface area contributed by atoms with Gasteiger partial charge in [0, 0.05) is 0 Å². The van der Waals surface area contributed by atoms with Crippen molar-refractivity contribution in [1.29, 1.82) is 0 Å². The highest BCUT2D eigenvalue weighted by Crippen LogP contribution is 2.16. The second kappa shape index (κ2) is 38.1. The number of allylic oxidation sites excluding steroid dienone is 3. The molecule has 0 saturated carbocycles.